The highest BCUT2D eigenvalue weighted by Crippen LogP contribution is 2.29. The molecule has 1 aliphatic rings. The van der Waals surface area contributed by atoms with E-state index in [-0.39, 0.29) is 11.3 Å². The van der Waals surface area contributed by atoms with Crippen molar-refractivity contribution in [3.63, 3.8) is 0 Å². The molecule has 1 unspecified atom stereocenters. The maximum absolute atomic E-state index is 12.3. The molecule has 2 rings (SSSR count). The zero-order valence-corrected chi connectivity index (χ0v) is 11.5. The van der Waals surface area contributed by atoms with Crippen molar-refractivity contribution < 1.29 is 4.79 Å². The Hall–Kier alpha value is -0.870. The van der Waals surface area contributed by atoms with Crippen LogP contribution in [-0.2, 0) is 4.79 Å². The van der Waals surface area contributed by atoms with E-state index in [1.807, 2.05) is 31.2 Å². The van der Waals surface area contributed by atoms with Crippen molar-refractivity contribution in [1.82, 2.24) is 5.32 Å². The number of hydrogen-bond donors (Lipinski definition) is 2. The highest BCUT2D eigenvalue weighted by molar-refractivity contribution is 9.10. The first-order valence-electron chi connectivity index (χ1n) is 5.88. The van der Waals surface area contributed by atoms with Crippen molar-refractivity contribution in [2.45, 2.75) is 19.8 Å². The molecule has 3 nitrogen and oxygen atoms in total. The number of benzene rings is 1. The molecule has 1 aromatic rings. The molecule has 1 fully saturated rings. The molecular formula is C13H17BrN2O. The van der Waals surface area contributed by atoms with Crippen molar-refractivity contribution in [2.75, 3.05) is 18.4 Å². The Morgan fingerprint density at radius 1 is 1.47 bits per heavy atom. The lowest BCUT2D eigenvalue weighted by atomic mass is 9.82. The number of carbonyl (C=O) groups excluding carboxylic acids is 1. The van der Waals surface area contributed by atoms with Gasteiger partial charge >= 0.3 is 0 Å². The first-order valence-corrected chi connectivity index (χ1v) is 6.68. The minimum absolute atomic E-state index is 0.0941. The summed E-state index contributed by atoms with van der Waals surface area (Å²) in [4.78, 5) is 12.3. The Balaban J connectivity index is 2.08. The molecule has 1 amide bonds. The third kappa shape index (κ3) is 2.87. The van der Waals surface area contributed by atoms with Gasteiger partial charge in [-0.2, -0.15) is 0 Å². The summed E-state index contributed by atoms with van der Waals surface area (Å²) in [5.41, 5.74) is 0.539. The quantitative estimate of drug-likeness (QED) is 0.881. The Kier molecular flexibility index (Phi) is 3.84. The largest absolute Gasteiger partial charge is 0.325 e. The molecule has 0 aromatic heterocycles. The summed E-state index contributed by atoms with van der Waals surface area (Å²) in [6.45, 7) is 3.78. The third-order valence-corrected chi connectivity index (χ3v) is 3.96. The number of halogens is 1. The maximum Gasteiger partial charge on any atom is 0.231 e. The summed E-state index contributed by atoms with van der Waals surface area (Å²) >= 11 is 3.44. The van der Waals surface area contributed by atoms with Crippen LogP contribution in [0, 0.1) is 5.41 Å². The number of para-hydroxylation sites is 1. The second-order valence-corrected chi connectivity index (χ2v) is 5.63. The fourth-order valence-corrected chi connectivity index (χ4v) is 2.47. The average Bonchev–Trinajstić information content (AvgIpc) is 2.33. The maximum atomic E-state index is 12.3. The Morgan fingerprint density at radius 3 is 2.88 bits per heavy atom. The summed E-state index contributed by atoms with van der Waals surface area (Å²) < 4.78 is 0.917. The van der Waals surface area contributed by atoms with Crippen LogP contribution in [0.2, 0.25) is 0 Å². The van der Waals surface area contributed by atoms with Gasteiger partial charge in [0.15, 0.2) is 0 Å². The second kappa shape index (κ2) is 5.19. The third-order valence-electron chi connectivity index (χ3n) is 3.27. The highest BCUT2D eigenvalue weighted by Gasteiger charge is 2.34. The van der Waals surface area contributed by atoms with E-state index in [2.05, 4.69) is 26.6 Å². The summed E-state index contributed by atoms with van der Waals surface area (Å²) in [5, 5.41) is 6.28. The van der Waals surface area contributed by atoms with Gasteiger partial charge in [0.05, 0.1) is 11.1 Å². The van der Waals surface area contributed by atoms with E-state index < -0.39 is 0 Å². The summed E-state index contributed by atoms with van der Waals surface area (Å²) in [5.74, 6) is 0.0941. The molecule has 0 radical (unpaired) electrons. The molecular weight excluding hydrogens is 280 g/mol. The molecule has 1 aromatic carbocycles. The van der Waals surface area contributed by atoms with Crippen molar-refractivity contribution in [3.05, 3.63) is 28.7 Å². The van der Waals surface area contributed by atoms with Gasteiger partial charge in [-0.05, 0) is 54.4 Å². The highest BCUT2D eigenvalue weighted by atomic mass is 79.9. The lowest BCUT2D eigenvalue weighted by Crippen LogP contribution is -2.46. The summed E-state index contributed by atoms with van der Waals surface area (Å²) in [6, 6.07) is 7.68. The minimum atomic E-state index is -0.298. The number of hydrogen-bond acceptors (Lipinski definition) is 2. The normalized spacial score (nSPS) is 24.4. The van der Waals surface area contributed by atoms with E-state index in [1.165, 1.54) is 0 Å². The number of rotatable bonds is 2. The molecule has 0 spiro atoms. The van der Waals surface area contributed by atoms with Gasteiger partial charge in [-0.25, -0.2) is 0 Å². The monoisotopic (exact) mass is 296 g/mol. The molecule has 1 saturated heterocycles. The van der Waals surface area contributed by atoms with Gasteiger partial charge in [-0.3, -0.25) is 4.79 Å². The van der Waals surface area contributed by atoms with Crippen LogP contribution in [0.5, 0.6) is 0 Å². The predicted molar refractivity (Wildman–Crippen MR) is 73.0 cm³/mol. The Labute approximate surface area is 110 Å². The lowest BCUT2D eigenvalue weighted by Gasteiger charge is -2.32. The van der Waals surface area contributed by atoms with E-state index in [1.54, 1.807) is 0 Å². The van der Waals surface area contributed by atoms with Crippen LogP contribution in [-0.4, -0.2) is 19.0 Å². The lowest BCUT2D eigenvalue weighted by molar-refractivity contribution is -0.125. The fraction of sp³-hybridized carbons (Fsp3) is 0.462. The predicted octanol–water partition coefficient (Wildman–Crippen LogP) is 2.78. The van der Waals surface area contributed by atoms with Crippen molar-refractivity contribution in [2.24, 2.45) is 5.41 Å². The number of amides is 1. The Morgan fingerprint density at radius 2 is 2.24 bits per heavy atom. The molecule has 2 N–H and O–H groups in total. The molecule has 1 atom stereocenters. The van der Waals surface area contributed by atoms with E-state index in [0.29, 0.717) is 0 Å². The van der Waals surface area contributed by atoms with E-state index in [0.717, 1.165) is 36.1 Å². The van der Waals surface area contributed by atoms with Crippen LogP contribution in [0.4, 0.5) is 5.69 Å². The van der Waals surface area contributed by atoms with E-state index >= 15 is 0 Å². The van der Waals surface area contributed by atoms with Crippen LogP contribution < -0.4 is 10.6 Å². The zero-order chi connectivity index (χ0) is 12.3. The van der Waals surface area contributed by atoms with Crippen LogP contribution in [0.1, 0.15) is 19.8 Å². The zero-order valence-electron chi connectivity index (χ0n) is 9.92. The standard InChI is InChI=1S/C13H17BrN2O/c1-13(7-4-8-15-9-13)12(17)16-11-6-3-2-5-10(11)14/h2-3,5-6,15H,4,7-9H2,1H3,(H,16,17). The van der Waals surface area contributed by atoms with Crippen LogP contribution in [0.3, 0.4) is 0 Å². The number of carbonyl (C=O) groups is 1. The summed E-state index contributed by atoms with van der Waals surface area (Å²) in [7, 11) is 0. The van der Waals surface area contributed by atoms with Gasteiger partial charge in [-0.15, -0.1) is 0 Å². The molecule has 1 aliphatic heterocycles. The van der Waals surface area contributed by atoms with E-state index in [4.69, 9.17) is 0 Å². The molecule has 0 aliphatic carbocycles. The van der Waals surface area contributed by atoms with Gasteiger partial charge in [-0.1, -0.05) is 12.1 Å². The van der Waals surface area contributed by atoms with Crippen molar-refractivity contribution in [1.29, 1.82) is 0 Å². The number of piperidine rings is 1. The fourth-order valence-electron chi connectivity index (χ4n) is 2.09. The first-order chi connectivity index (χ1) is 8.12. The van der Waals surface area contributed by atoms with E-state index in [9.17, 15) is 4.79 Å². The molecule has 17 heavy (non-hydrogen) atoms. The first kappa shape index (κ1) is 12.6. The van der Waals surface area contributed by atoms with Crippen LogP contribution >= 0.6 is 15.9 Å². The average molecular weight is 297 g/mol. The van der Waals surface area contributed by atoms with Crippen LogP contribution in [0.15, 0.2) is 28.7 Å². The van der Waals surface area contributed by atoms with Crippen LogP contribution in [0.25, 0.3) is 0 Å². The number of anilines is 1. The minimum Gasteiger partial charge on any atom is -0.325 e. The van der Waals surface area contributed by atoms with Gasteiger partial charge in [0.2, 0.25) is 5.91 Å². The molecule has 4 heteroatoms. The van der Waals surface area contributed by atoms with Gasteiger partial charge < -0.3 is 10.6 Å². The molecule has 92 valence electrons. The van der Waals surface area contributed by atoms with Crippen molar-refractivity contribution in [3.8, 4) is 0 Å². The van der Waals surface area contributed by atoms with Crippen molar-refractivity contribution >= 4 is 27.5 Å². The van der Waals surface area contributed by atoms with Gasteiger partial charge in [0.1, 0.15) is 0 Å². The smallest absolute Gasteiger partial charge is 0.231 e. The topological polar surface area (TPSA) is 41.1 Å². The molecule has 1 heterocycles. The van der Waals surface area contributed by atoms with Gasteiger partial charge in [0.25, 0.3) is 0 Å². The molecule has 0 saturated carbocycles. The molecule has 0 bridgehead atoms. The Bertz CT molecular complexity index is 414. The summed E-state index contributed by atoms with van der Waals surface area (Å²) in [6.07, 6.45) is 2.00. The van der Waals surface area contributed by atoms with Gasteiger partial charge in [0, 0.05) is 11.0 Å². The second-order valence-electron chi connectivity index (χ2n) is 4.77. The number of nitrogens with one attached hydrogen (secondary N) is 2. The SMILES string of the molecule is CC1(C(=O)Nc2ccccc2Br)CCCNC1.